The van der Waals surface area contributed by atoms with Gasteiger partial charge in [-0.25, -0.2) is 19.2 Å². The number of rotatable bonds is 7. The topological polar surface area (TPSA) is 73.3 Å². The van der Waals surface area contributed by atoms with Gasteiger partial charge in [-0.05, 0) is 53.6 Å². The van der Waals surface area contributed by atoms with Gasteiger partial charge in [-0.2, -0.15) is 0 Å². The molecule has 0 amide bonds. The number of halogens is 2. The highest BCUT2D eigenvalue weighted by atomic mass is 35.5. The minimum atomic E-state index is -0.409. The van der Waals surface area contributed by atoms with Crippen molar-refractivity contribution in [3.63, 3.8) is 0 Å². The van der Waals surface area contributed by atoms with Crippen molar-refractivity contribution < 1.29 is 18.7 Å². The van der Waals surface area contributed by atoms with Crippen molar-refractivity contribution in [3.05, 3.63) is 95.0 Å². The fourth-order valence-electron chi connectivity index (χ4n) is 3.67. The van der Waals surface area contributed by atoms with Crippen molar-refractivity contribution in [3.8, 4) is 5.75 Å². The van der Waals surface area contributed by atoms with Gasteiger partial charge in [-0.15, -0.1) is 11.3 Å². The number of esters is 1. The quantitative estimate of drug-likeness (QED) is 0.182. The van der Waals surface area contributed by atoms with E-state index in [0.717, 1.165) is 31.6 Å². The Morgan fingerprint density at radius 1 is 1.14 bits per heavy atom. The molecule has 0 aliphatic carbocycles. The number of aromatic nitrogens is 2. The number of hydrogen-bond donors (Lipinski definition) is 1. The van der Waals surface area contributed by atoms with Crippen LogP contribution in [-0.2, 0) is 16.1 Å². The SMILES string of the molecule is COC(=O)C=Cc1ccc2c(c1)sc1ncnc(Nc3ccc(OCc4cccc(F)c4)c(Cl)c3)c12. The zero-order chi connectivity index (χ0) is 25.1. The molecule has 36 heavy (non-hydrogen) atoms. The van der Waals surface area contributed by atoms with E-state index in [4.69, 9.17) is 16.3 Å². The molecule has 0 aliphatic heterocycles. The maximum absolute atomic E-state index is 13.4. The lowest BCUT2D eigenvalue weighted by Crippen LogP contribution is -1.98. The summed E-state index contributed by atoms with van der Waals surface area (Å²) in [6.07, 6.45) is 4.60. The molecule has 3 aromatic carbocycles. The molecule has 0 unspecified atom stereocenters. The number of carbonyl (C=O) groups excluding carboxylic acids is 1. The molecule has 0 spiro atoms. The number of benzene rings is 3. The Labute approximate surface area is 215 Å². The molecule has 5 aromatic rings. The zero-order valence-corrected chi connectivity index (χ0v) is 20.6. The van der Waals surface area contributed by atoms with Gasteiger partial charge >= 0.3 is 5.97 Å². The van der Waals surface area contributed by atoms with Crippen LogP contribution in [0.3, 0.4) is 0 Å². The van der Waals surface area contributed by atoms with Gasteiger partial charge in [0.1, 0.15) is 35.1 Å². The molecule has 0 radical (unpaired) electrons. The van der Waals surface area contributed by atoms with E-state index in [2.05, 4.69) is 20.0 Å². The second-order valence-electron chi connectivity index (χ2n) is 7.81. The third-order valence-corrected chi connectivity index (χ3v) is 6.74. The number of fused-ring (bicyclic) bond motifs is 3. The van der Waals surface area contributed by atoms with E-state index < -0.39 is 5.97 Å². The second-order valence-corrected chi connectivity index (χ2v) is 9.24. The first-order valence-electron chi connectivity index (χ1n) is 10.9. The molecule has 0 aliphatic rings. The van der Waals surface area contributed by atoms with Gasteiger partial charge in [0.05, 0.1) is 17.5 Å². The van der Waals surface area contributed by atoms with Gasteiger partial charge in [-0.1, -0.05) is 35.9 Å². The summed E-state index contributed by atoms with van der Waals surface area (Å²) in [6, 6.07) is 17.5. The molecule has 6 nitrogen and oxygen atoms in total. The largest absolute Gasteiger partial charge is 0.487 e. The molecule has 2 aromatic heterocycles. The van der Waals surface area contributed by atoms with Crippen LogP contribution in [-0.4, -0.2) is 23.0 Å². The standard InChI is InChI=1S/C27H19ClFN3O3S/c1-34-24(33)10-6-16-5-8-20-23(12-16)36-27-25(20)26(30-15-31-27)32-19-7-9-22(21(28)13-19)35-14-17-3-2-4-18(29)11-17/h2-13,15H,14H2,1H3,(H,30,31,32). The molecule has 1 N–H and O–H groups in total. The Kier molecular flexibility index (Phi) is 6.79. The average molecular weight is 520 g/mol. The van der Waals surface area contributed by atoms with Crippen molar-refractivity contribution in [2.75, 3.05) is 12.4 Å². The number of hydrogen-bond acceptors (Lipinski definition) is 7. The lowest BCUT2D eigenvalue weighted by atomic mass is 10.1. The molecule has 180 valence electrons. The molecule has 0 saturated heterocycles. The molecule has 0 bridgehead atoms. The van der Waals surface area contributed by atoms with Gasteiger partial charge < -0.3 is 14.8 Å². The number of anilines is 2. The fraction of sp³-hybridized carbons (Fsp3) is 0.0741. The number of thiophene rings is 1. The van der Waals surface area contributed by atoms with Crippen LogP contribution in [0.25, 0.3) is 26.4 Å². The van der Waals surface area contributed by atoms with Crippen LogP contribution in [0.15, 0.2) is 73.1 Å². The number of carbonyl (C=O) groups is 1. The van der Waals surface area contributed by atoms with E-state index >= 15 is 0 Å². The molecule has 9 heteroatoms. The predicted molar refractivity (Wildman–Crippen MR) is 141 cm³/mol. The van der Waals surface area contributed by atoms with Gasteiger partial charge in [0.25, 0.3) is 0 Å². The second kappa shape index (κ2) is 10.3. The Morgan fingerprint density at radius 2 is 2.03 bits per heavy atom. The van der Waals surface area contributed by atoms with Crippen LogP contribution in [0, 0.1) is 5.82 Å². The summed E-state index contributed by atoms with van der Waals surface area (Å²) in [7, 11) is 1.34. The molecule has 2 heterocycles. The summed E-state index contributed by atoms with van der Waals surface area (Å²) in [5.74, 6) is 0.419. The number of methoxy groups -OCH3 is 1. The predicted octanol–water partition coefficient (Wildman–Crippen LogP) is 7.15. The Balaban J connectivity index is 1.39. The molecular formula is C27H19ClFN3O3S. The van der Waals surface area contributed by atoms with E-state index in [1.807, 2.05) is 24.3 Å². The summed E-state index contributed by atoms with van der Waals surface area (Å²) in [4.78, 5) is 21.1. The molecule has 0 atom stereocenters. The lowest BCUT2D eigenvalue weighted by molar-refractivity contribution is -0.134. The van der Waals surface area contributed by atoms with Crippen molar-refractivity contribution in [1.29, 1.82) is 0 Å². The van der Waals surface area contributed by atoms with E-state index in [9.17, 15) is 9.18 Å². The van der Waals surface area contributed by atoms with Crippen molar-refractivity contribution in [2.45, 2.75) is 6.61 Å². The highest BCUT2D eigenvalue weighted by Gasteiger charge is 2.13. The third kappa shape index (κ3) is 5.15. The number of nitrogens with zero attached hydrogens (tertiary/aromatic N) is 2. The van der Waals surface area contributed by atoms with E-state index in [1.165, 1.54) is 43.0 Å². The Hall–Kier alpha value is -4.01. The average Bonchev–Trinajstić information content (AvgIpc) is 3.25. The van der Waals surface area contributed by atoms with E-state index in [-0.39, 0.29) is 12.4 Å². The van der Waals surface area contributed by atoms with Crippen molar-refractivity contribution >= 4 is 66.8 Å². The van der Waals surface area contributed by atoms with Crippen LogP contribution in [0.4, 0.5) is 15.9 Å². The Morgan fingerprint density at radius 3 is 2.83 bits per heavy atom. The number of ether oxygens (including phenoxy) is 2. The highest BCUT2D eigenvalue weighted by molar-refractivity contribution is 7.25. The first-order chi connectivity index (χ1) is 17.5. The minimum Gasteiger partial charge on any atom is -0.487 e. The maximum Gasteiger partial charge on any atom is 0.330 e. The van der Waals surface area contributed by atoms with E-state index in [1.54, 1.807) is 30.3 Å². The molecule has 5 rings (SSSR count). The van der Waals surface area contributed by atoms with Gasteiger partial charge in [0.15, 0.2) is 0 Å². The lowest BCUT2D eigenvalue weighted by Gasteiger charge is -2.11. The third-order valence-electron chi connectivity index (χ3n) is 5.39. The van der Waals surface area contributed by atoms with Crippen molar-refractivity contribution in [1.82, 2.24) is 9.97 Å². The summed E-state index contributed by atoms with van der Waals surface area (Å²) in [5, 5.41) is 5.63. The maximum atomic E-state index is 13.4. The first-order valence-corrected chi connectivity index (χ1v) is 12.1. The van der Waals surface area contributed by atoms with E-state index in [0.29, 0.717) is 22.2 Å². The van der Waals surface area contributed by atoms with Crippen LogP contribution in [0.1, 0.15) is 11.1 Å². The minimum absolute atomic E-state index is 0.203. The molecular weight excluding hydrogens is 501 g/mol. The monoisotopic (exact) mass is 519 g/mol. The van der Waals surface area contributed by atoms with Crippen molar-refractivity contribution in [2.24, 2.45) is 0 Å². The summed E-state index contributed by atoms with van der Waals surface area (Å²) in [6.45, 7) is 0.203. The fourth-order valence-corrected chi connectivity index (χ4v) is 5.00. The van der Waals surface area contributed by atoms with Crippen LogP contribution in [0.5, 0.6) is 5.75 Å². The summed E-state index contributed by atoms with van der Waals surface area (Å²) in [5.41, 5.74) is 2.32. The van der Waals surface area contributed by atoms with Crippen LogP contribution in [0.2, 0.25) is 5.02 Å². The van der Waals surface area contributed by atoms with Gasteiger partial charge in [-0.3, -0.25) is 0 Å². The van der Waals surface area contributed by atoms with Gasteiger partial charge in [0, 0.05) is 21.8 Å². The summed E-state index contributed by atoms with van der Waals surface area (Å²) >= 11 is 7.99. The normalized spacial score (nSPS) is 11.3. The first kappa shape index (κ1) is 23.7. The molecule has 0 saturated carbocycles. The summed E-state index contributed by atoms with van der Waals surface area (Å²) < 4.78 is 24.8. The van der Waals surface area contributed by atoms with Crippen LogP contribution >= 0.6 is 22.9 Å². The van der Waals surface area contributed by atoms with Crippen LogP contribution < -0.4 is 10.1 Å². The Bertz CT molecular complexity index is 1620. The molecule has 0 fully saturated rings. The van der Waals surface area contributed by atoms with Gasteiger partial charge in [0.2, 0.25) is 0 Å². The number of nitrogens with one attached hydrogen (secondary N) is 1. The highest BCUT2D eigenvalue weighted by Crippen LogP contribution is 2.38. The zero-order valence-electron chi connectivity index (χ0n) is 19.0. The smallest absolute Gasteiger partial charge is 0.330 e.